The van der Waals surface area contributed by atoms with Crippen LogP contribution in [-0.2, 0) is 4.74 Å². The van der Waals surface area contributed by atoms with Crippen LogP contribution in [0.15, 0.2) is 30.3 Å². The number of alkyl carbamates (subject to hydrolysis) is 1. The highest BCUT2D eigenvalue weighted by atomic mass is 28.3. The zero-order chi connectivity index (χ0) is 15.2. The number of hydrogen-bond donors (Lipinski definition) is 2. The van der Waals surface area contributed by atoms with Crippen molar-refractivity contribution < 1.29 is 14.6 Å². The van der Waals surface area contributed by atoms with Crippen LogP contribution in [0, 0.1) is 0 Å². The summed E-state index contributed by atoms with van der Waals surface area (Å²) in [4.78, 5) is 11.4. The van der Waals surface area contributed by atoms with E-state index in [4.69, 9.17) is 4.74 Å². The second-order valence-corrected chi connectivity index (χ2v) is 10.4. The normalized spacial score (nSPS) is 14.4. The first-order valence-electron chi connectivity index (χ1n) is 7.03. The van der Waals surface area contributed by atoms with Crippen molar-refractivity contribution in [1.82, 2.24) is 5.32 Å². The predicted molar refractivity (Wildman–Crippen MR) is 84.0 cm³/mol. The first-order chi connectivity index (χ1) is 9.36. The van der Waals surface area contributed by atoms with Crippen molar-refractivity contribution in [2.24, 2.45) is 0 Å². The Labute approximate surface area is 122 Å². The number of aliphatic hydroxyl groups excluding tert-OH is 1. The Morgan fingerprint density at radius 1 is 1.35 bits per heavy atom. The van der Waals surface area contributed by atoms with Crippen LogP contribution in [-0.4, -0.2) is 38.0 Å². The monoisotopic (exact) mass is 295 g/mol. The molecule has 1 aromatic carbocycles. The van der Waals surface area contributed by atoms with Gasteiger partial charge in [0.2, 0.25) is 0 Å². The van der Waals surface area contributed by atoms with Crippen LogP contribution in [0.4, 0.5) is 4.79 Å². The summed E-state index contributed by atoms with van der Waals surface area (Å²) in [7, 11) is -1.72. The standard InChI is InChI=1S/C15H25NO3Si/c1-5-19-15(18)16-12(2)14(17)11-20(3,4)13-9-7-6-8-10-13/h6-10,12,14,17H,5,11H2,1-4H3,(H,16,18)/t12-,14+/m1/s1. The van der Waals surface area contributed by atoms with E-state index in [1.807, 2.05) is 18.2 Å². The van der Waals surface area contributed by atoms with Gasteiger partial charge in [-0.3, -0.25) is 0 Å². The van der Waals surface area contributed by atoms with Gasteiger partial charge in [-0.05, 0) is 19.9 Å². The lowest BCUT2D eigenvalue weighted by Crippen LogP contribution is -2.49. The average Bonchev–Trinajstić information content (AvgIpc) is 2.39. The van der Waals surface area contributed by atoms with Gasteiger partial charge >= 0.3 is 6.09 Å². The fourth-order valence-electron chi connectivity index (χ4n) is 2.16. The highest BCUT2D eigenvalue weighted by molar-refractivity contribution is 6.89. The molecular weight excluding hydrogens is 270 g/mol. The summed E-state index contributed by atoms with van der Waals surface area (Å²) in [5, 5.41) is 14.3. The van der Waals surface area contributed by atoms with E-state index in [-0.39, 0.29) is 6.04 Å². The van der Waals surface area contributed by atoms with E-state index in [1.54, 1.807) is 13.8 Å². The molecule has 4 nitrogen and oxygen atoms in total. The molecule has 0 bridgehead atoms. The van der Waals surface area contributed by atoms with E-state index in [0.29, 0.717) is 12.7 Å². The minimum atomic E-state index is -1.72. The van der Waals surface area contributed by atoms with Crippen LogP contribution < -0.4 is 10.5 Å². The van der Waals surface area contributed by atoms with Crippen LogP contribution in [0.1, 0.15) is 13.8 Å². The van der Waals surface area contributed by atoms with Gasteiger partial charge in [-0.15, -0.1) is 0 Å². The third-order valence-corrected chi connectivity index (χ3v) is 6.81. The maximum absolute atomic E-state index is 11.4. The molecule has 0 radical (unpaired) electrons. The maximum atomic E-state index is 11.4. The SMILES string of the molecule is CCOC(=O)N[C@H](C)[C@@H](O)C[Si](C)(C)c1ccccc1. The highest BCUT2D eigenvalue weighted by Gasteiger charge is 2.29. The summed E-state index contributed by atoms with van der Waals surface area (Å²) >= 11 is 0. The van der Waals surface area contributed by atoms with Crippen molar-refractivity contribution in [1.29, 1.82) is 0 Å². The Balaban J connectivity index is 2.60. The number of carbonyl (C=O) groups is 1. The van der Waals surface area contributed by atoms with Crippen molar-refractivity contribution in [2.75, 3.05) is 6.61 Å². The number of aliphatic hydroxyl groups is 1. The lowest BCUT2D eigenvalue weighted by Gasteiger charge is -2.29. The van der Waals surface area contributed by atoms with Crippen molar-refractivity contribution in [3.63, 3.8) is 0 Å². The van der Waals surface area contributed by atoms with Crippen LogP contribution in [0.5, 0.6) is 0 Å². The van der Waals surface area contributed by atoms with E-state index in [0.717, 1.165) is 0 Å². The Hall–Kier alpha value is -1.33. The second kappa shape index (κ2) is 7.45. The molecule has 0 spiro atoms. The van der Waals surface area contributed by atoms with E-state index in [1.165, 1.54) is 5.19 Å². The van der Waals surface area contributed by atoms with Gasteiger partial charge in [0, 0.05) is 0 Å². The number of benzene rings is 1. The molecule has 0 aliphatic carbocycles. The summed E-state index contributed by atoms with van der Waals surface area (Å²) in [6, 6.07) is 10.7. The third kappa shape index (κ3) is 4.98. The molecule has 5 heteroatoms. The van der Waals surface area contributed by atoms with Gasteiger partial charge in [0.05, 0.1) is 26.8 Å². The first kappa shape index (κ1) is 16.7. The van der Waals surface area contributed by atoms with E-state index in [2.05, 4.69) is 30.5 Å². The molecule has 0 aliphatic heterocycles. The molecule has 1 amide bonds. The largest absolute Gasteiger partial charge is 0.450 e. The zero-order valence-electron chi connectivity index (χ0n) is 12.7. The van der Waals surface area contributed by atoms with Crippen molar-refractivity contribution >= 4 is 19.4 Å². The Morgan fingerprint density at radius 3 is 2.50 bits per heavy atom. The molecule has 2 N–H and O–H groups in total. The van der Waals surface area contributed by atoms with Crippen LogP contribution in [0.3, 0.4) is 0 Å². The molecule has 112 valence electrons. The molecule has 0 fully saturated rings. The van der Waals surface area contributed by atoms with Gasteiger partial charge < -0.3 is 15.2 Å². The average molecular weight is 295 g/mol. The Morgan fingerprint density at radius 2 is 1.95 bits per heavy atom. The molecule has 0 unspecified atom stereocenters. The number of ether oxygens (including phenoxy) is 1. The van der Waals surface area contributed by atoms with Crippen LogP contribution in [0.2, 0.25) is 19.1 Å². The maximum Gasteiger partial charge on any atom is 0.407 e. The fourth-order valence-corrected chi connectivity index (χ4v) is 4.89. The topological polar surface area (TPSA) is 58.6 Å². The molecule has 2 atom stereocenters. The van der Waals surface area contributed by atoms with Crippen molar-refractivity contribution in [3.8, 4) is 0 Å². The molecule has 1 aromatic rings. The minimum absolute atomic E-state index is 0.315. The van der Waals surface area contributed by atoms with Crippen LogP contribution in [0.25, 0.3) is 0 Å². The molecule has 0 saturated heterocycles. The van der Waals surface area contributed by atoms with Gasteiger partial charge in [-0.2, -0.15) is 0 Å². The Bertz CT molecular complexity index is 422. The number of hydrogen-bond acceptors (Lipinski definition) is 3. The van der Waals surface area contributed by atoms with Crippen molar-refractivity contribution in [2.45, 2.75) is 45.1 Å². The molecular formula is C15H25NO3Si. The van der Waals surface area contributed by atoms with E-state index < -0.39 is 20.3 Å². The molecule has 1 rings (SSSR count). The minimum Gasteiger partial charge on any atom is -0.450 e. The predicted octanol–water partition coefficient (Wildman–Crippen LogP) is 2.10. The molecule has 0 aromatic heterocycles. The molecule has 0 aliphatic rings. The number of rotatable bonds is 6. The van der Waals surface area contributed by atoms with Crippen LogP contribution >= 0.6 is 0 Å². The lowest BCUT2D eigenvalue weighted by atomic mass is 10.2. The smallest absolute Gasteiger partial charge is 0.407 e. The van der Waals surface area contributed by atoms with Gasteiger partial charge in [0.15, 0.2) is 0 Å². The quantitative estimate of drug-likeness (QED) is 0.790. The first-order valence-corrected chi connectivity index (χ1v) is 10.2. The third-order valence-electron chi connectivity index (χ3n) is 3.47. The summed E-state index contributed by atoms with van der Waals surface area (Å²) in [5.74, 6) is 0. The van der Waals surface area contributed by atoms with E-state index in [9.17, 15) is 9.90 Å². The zero-order valence-corrected chi connectivity index (χ0v) is 13.7. The molecule has 20 heavy (non-hydrogen) atoms. The number of amides is 1. The van der Waals surface area contributed by atoms with Gasteiger partial charge in [0.1, 0.15) is 0 Å². The molecule has 0 heterocycles. The summed E-state index contributed by atoms with van der Waals surface area (Å²) in [6.07, 6.45) is -1.04. The van der Waals surface area contributed by atoms with E-state index >= 15 is 0 Å². The highest BCUT2D eigenvalue weighted by Crippen LogP contribution is 2.15. The fraction of sp³-hybridized carbons (Fsp3) is 0.533. The lowest BCUT2D eigenvalue weighted by molar-refractivity contribution is 0.120. The van der Waals surface area contributed by atoms with Crippen molar-refractivity contribution in [3.05, 3.63) is 30.3 Å². The Kier molecular flexibility index (Phi) is 6.23. The number of nitrogens with one attached hydrogen (secondary N) is 1. The summed E-state index contributed by atoms with van der Waals surface area (Å²) < 4.78 is 4.83. The van der Waals surface area contributed by atoms with Gasteiger partial charge in [0.25, 0.3) is 0 Å². The summed E-state index contributed by atoms with van der Waals surface area (Å²) in [5.41, 5.74) is 0. The molecule has 0 saturated carbocycles. The van der Waals surface area contributed by atoms with Gasteiger partial charge in [-0.25, -0.2) is 4.79 Å². The number of carbonyl (C=O) groups excluding carboxylic acids is 1. The second-order valence-electron chi connectivity index (χ2n) is 5.67. The summed E-state index contributed by atoms with van der Waals surface area (Å²) in [6.45, 7) is 8.34. The van der Waals surface area contributed by atoms with Gasteiger partial charge in [-0.1, -0.05) is 48.6 Å².